The maximum absolute atomic E-state index is 11.3. The van der Waals surface area contributed by atoms with Gasteiger partial charge in [0.05, 0.1) is 0 Å². The van der Waals surface area contributed by atoms with Crippen LogP contribution in [0.4, 0.5) is 5.82 Å². The Morgan fingerprint density at radius 2 is 2.29 bits per heavy atom. The molecule has 1 fully saturated rings. The smallest absolute Gasteiger partial charge is 0.269 e. The molecule has 2 N–H and O–H groups in total. The van der Waals surface area contributed by atoms with Crippen LogP contribution in [0.1, 0.15) is 23.3 Å². The van der Waals surface area contributed by atoms with Crippen LogP contribution in [0.15, 0.2) is 18.2 Å². The summed E-state index contributed by atoms with van der Waals surface area (Å²) in [6.07, 6.45) is 2.40. The molecule has 0 aliphatic heterocycles. The van der Waals surface area contributed by atoms with Crippen molar-refractivity contribution in [1.82, 2.24) is 10.3 Å². The number of hydrogen-bond donors (Lipinski definition) is 2. The Labute approximate surface area is 82.7 Å². The molecule has 1 aliphatic rings. The second-order valence-corrected chi connectivity index (χ2v) is 3.41. The first kappa shape index (κ1) is 8.99. The van der Waals surface area contributed by atoms with Gasteiger partial charge >= 0.3 is 0 Å². The lowest BCUT2D eigenvalue weighted by Crippen LogP contribution is -2.19. The quantitative estimate of drug-likeness (QED) is 0.749. The van der Waals surface area contributed by atoms with Crippen molar-refractivity contribution in [3.05, 3.63) is 23.9 Å². The summed E-state index contributed by atoms with van der Waals surface area (Å²) in [6.45, 7) is 0. The largest absolute Gasteiger partial charge is 0.367 e. The Kier molecular flexibility index (Phi) is 2.35. The van der Waals surface area contributed by atoms with Gasteiger partial charge in [0.15, 0.2) is 0 Å². The van der Waals surface area contributed by atoms with E-state index in [9.17, 15) is 4.79 Å². The maximum atomic E-state index is 11.3. The average molecular weight is 191 g/mol. The standard InChI is InChI=1S/C10H13N3O/c1-11-10(14)8-3-2-4-9(13-8)12-7-5-6-7/h2-4,7H,5-6H2,1H3,(H,11,14)(H,12,13). The Morgan fingerprint density at radius 1 is 1.50 bits per heavy atom. The lowest BCUT2D eigenvalue weighted by atomic mass is 10.3. The van der Waals surface area contributed by atoms with E-state index in [4.69, 9.17) is 0 Å². The van der Waals surface area contributed by atoms with Crippen LogP contribution in [-0.2, 0) is 0 Å². The SMILES string of the molecule is CNC(=O)c1cccc(NC2CC2)n1. The molecular formula is C10H13N3O. The topological polar surface area (TPSA) is 54.0 Å². The fraction of sp³-hybridized carbons (Fsp3) is 0.400. The molecule has 0 saturated heterocycles. The van der Waals surface area contributed by atoms with Gasteiger partial charge in [0.25, 0.3) is 5.91 Å². The summed E-state index contributed by atoms with van der Waals surface area (Å²) in [7, 11) is 1.60. The van der Waals surface area contributed by atoms with Crippen LogP contribution in [0, 0.1) is 0 Å². The third-order valence-electron chi connectivity index (χ3n) is 2.14. The van der Waals surface area contributed by atoms with Gasteiger partial charge in [0, 0.05) is 13.1 Å². The van der Waals surface area contributed by atoms with E-state index in [0.29, 0.717) is 11.7 Å². The Morgan fingerprint density at radius 3 is 2.93 bits per heavy atom. The number of nitrogens with one attached hydrogen (secondary N) is 2. The first-order chi connectivity index (χ1) is 6.79. The Hall–Kier alpha value is -1.58. The summed E-state index contributed by atoms with van der Waals surface area (Å²) in [5, 5.41) is 5.79. The number of hydrogen-bond acceptors (Lipinski definition) is 3. The van der Waals surface area contributed by atoms with Crippen molar-refractivity contribution in [3.8, 4) is 0 Å². The Bertz CT molecular complexity index is 347. The summed E-state index contributed by atoms with van der Waals surface area (Å²) >= 11 is 0. The molecule has 0 aromatic carbocycles. The minimum Gasteiger partial charge on any atom is -0.367 e. The van der Waals surface area contributed by atoms with Crippen LogP contribution < -0.4 is 10.6 Å². The molecule has 1 saturated carbocycles. The molecule has 74 valence electrons. The molecule has 14 heavy (non-hydrogen) atoms. The molecule has 0 atom stereocenters. The molecule has 4 heteroatoms. The van der Waals surface area contributed by atoms with Crippen molar-refractivity contribution in [1.29, 1.82) is 0 Å². The number of carbonyl (C=O) groups is 1. The van der Waals surface area contributed by atoms with Gasteiger partial charge in [-0.25, -0.2) is 4.98 Å². The van der Waals surface area contributed by atoms with E-state index in [-0.39, 0.29) is 5.91 Å². The highest BCUT2D eigenvalue weighted by atomic mass is 16.1. The zero-order valence-corrected chi connectivity index (χ0v) is 8.08. The highest BCUT2D eigenvalue weighted by Crippen LogP contribution is 2.23. The van der Waals surface area contributed by atoms with Crippen LogP contribution in [0.3, 0.4) is 0 Å². The minimum absolute atomic E-state index is 0.149. The van der Waals surface area contributed by atoms with Crippen molar-refractivity contribution in [3.63, 3.8) is 0 Å². The monoisotopic (exact) mass is 191 g/mol. The molecule has 0 radical (unpaired) electrons. The molecule has 1 aliphatic carbocycles. The van der Waals surface area contributed by atoms with E-state index >= 15 is 0 Å². The van der Waals surface area contributed by atoms with Gasteiger partial charge in [0.1, 0.15) is 11.5 Å². The predicted octanol–water partition coefficient (Wildman–Crippen LogP) is 1.02. The number of rotatable bonds is 3. The zero-order valence-electron chi connectivity index (χ0n) is 8.08. The van der Waals surface area contributed by atoms with E-state index in [1.54, 1.807) is 13.1 Å². The third-order valence-corrected chi connectivity index (χ3v) is 2.14. The van der Waals surface area contributed by atoms with Crippen LogP contribution in [0.5, 0.6) is 0 Å². The van der Waals surface area contributed by atoms with E-state index in [1.807, 2.05) is 12.1 Å². The van der Waals surface area contributed by atoms with Crippen molar-refractivity contribution < 1.29 is 4.79 Å². The van der Waals surface area contributed by atoms with E-state index in [2.05, 4.69) is 15.6 Å². The van der Waals surface area contributed by atoms with Crippen molar-refractivity contribution >= 4 is 11.7 Å². The fourth-order valence-electron chi connectivity index (χ4n) is 1.21. The first-order valence-corrected chi connectivity index (χ1v) is 4.75. The maximum Gasteiger partial charge on any atom is 0.269 e. The molecule has 0 spiro atoms. The van der Waals surface area contributed by atoms with Crippen molar-refractivity contribution in [2.75, 3.05) is 12.4 Å². The van der Waals surface area contributed by atoms with Crippen LogP contribution >= 0.6 is 0 Å². The molecule has 1 aromatic rings. The number of amides is 1. The third kappa shape index (κ3) is 2.02. The molecule has 0 unspecified atom stereocenters. The molecule has 1 heterocycles. The minimum atomic E-state index is -0.149. The number of nitrogens with zero attached hydrogens (tertiary/aromatic N) is 1. The van der Waals surface area contributed by atoms with Crippen molar-refractivity contribution in [2.45, 2.75) is 18.9 Å². The normalized spacial score (nSPS) is 14.9. The van der Waals surface area contributed by atoms with Gasteiger partial charge in [-0.15, -0.1) is 0 Å². The number of anilines is 1. The lowest BCUT2D eigenvalue weighted by molar-refractivity contribution is 0.0958. The molecule has 0 bridgehead atoms. The highest BCUT2D eigenvalue weighted by molar-refractivity contribution is 5.92. The molecule has 1 aromatic heterocycles. The highest BCUT2D eigenvalue weighted by Gasteiger charge is 2.21. The molecule has 1 amide bonds. The first-order valence-electron chi connectivity index (χ1n) is 4.75. The second kappa shape index (κ2) is 3.65. The van der Waals surface area contributed by atoms with Gasteiger partial charge in [-0.3, -0.25) is 4.79 Å². The van der Waals surface area contributed by atoms with Crippen LogP contribution in [0.25, 0.3) is 0 Å². The number of aromatic nitrogens is 1. The summed E-state index contributed by atoms with van der Waals surface area (Å²) < 4.78 is 0. The van der Waals surface area contributed by atoms with Gasteiger partial charge in [-0.1, -0.05) is 6.07 Å². The number of pyridine rings is 1. The zero-order chi connectivity index (χ0) is 9.97. The van der Waals surface area contributed by atoms with Gasteiger partial charge in [0.2, 0.25) is 0 Å². The number of carbonyl (C=O) groups excluding carboxylic acids is 1. The average Bonchev–Trinajstić information content (AvgIpc) is 3.01. The van der Waals surface area contributed by atoms with Gasteiger partial charge in [-0.2, -0.15) is 0 Å². The summed E-state index contributed by atoms with van der Waals surface area (Å²) in [4.78, 5) is 15.5. The Balaban J connectivity index is 2.12. The fourth-order valence-corrected chi connectivity index (χ4v) is 1.21. The van der Waals surface area contributed by atoms with Gasteiger partial charge < -0.3 is 10.6 Å². The van der Waals surface area contributed by atoms with E-state index in [0.717, 1.165) is 5.82 Å². The lowest BCUT2D eigenvalue weighted by Gasteiger charge is -2.04. The van der Waals surface area contributed by atoms with E-state index < -0.39 is 0 Å². The van der Waals surface area contributed by atoms with Crippen LogP contribution in [0.2, 0.25) is 0 Å². The summed E-state index contributed by atoms with van der Waals surface area (Å²) in [5.74, 6) is 0.637. The van der Waals surface area contributed by atoms with Crippen molar-refractivity contribution in [2.24, 2.45) is 0 Å². The summed E-state index contributed by atoms with van der Waals surface area (Å²) in [6, 6.07) is 5.98. The predicted molar refractivity (Wildman–Crippen MR) is 54.3 cm³/mol. The molecule has 4 nitrogen and oxygen atoms in total. The summed E-state index contributed by atoms with van der Waals surface area (Å²) in [5.41, 5.74) is 0.457. The van der Waals surface area contributed by atoms with E-state index in [1.165, 1.54) is 12.8 Å². The second-order valence-electron chi connectivity index (χ2n) is 3.41. The van der Waals surface area contributed by atoms with Crippen LogP contribution in [-0.4, -0.2) is 24.0 Å². The van der Waals surface area contributed by atoms with Gasteiger partial charge in [-0.05, 0) is 25.0 Å². The molecule has 2 rings (SSSR count). The molecular weight excluding hydrogens is 178 g/mol.